The van der Waals surface area contributed by atoms with E-state index in [1.807, 2.05) is 24.3 Å². The Morgan fingerprint density at radius 1 is 1.16 bits per heavy atom. The SMILES string of the molecule is O=C(NCC(=O)C1COC2(CNC(C(=O)O)C2)O1)c1ccc2c(c1)Sc1ccccc1O2. The Bertz CT molecular complexity index is 1110. The number of rotatable bonds is 5. The lowest BCUT2D eigenvalue weighted by Crippen LogP contribution is -2.39. The van der Waals surface area contributed by atoms with Gasteiger partial charge in [-0.3, -0.25) is 19.7 Å². The molecule has 32 heavy (non-hydrogen) atoms. The van der Waals surface area contributed by atoms with E-state index in [1.165, 1.54) is 11.8 Å². The second-order valence-corrected chi connectivity index (χ2v) is 8.85. The normalized spacial score (nSPS) is 25.6. The molecular formula is C22H20N2O7S. The largest absolute Gasteiger partial charge is 0.480 e. The molecule has 0 saturated carbocycles. The molecule has 0 radical (unpaired) electrons. The van der Waals surface area contributed by atoms with Crippen LogP contribution in [0.1, 0.15) is 16.8 Å². The maximum Gasteiger partial charge on any atom is 0.320 e. The number of hydrogen-bond acceptors (Lipinski definition) is 8. The Kier molecular flexibility index (Phi) is 5.38. The summed E-state index contributed by atoms with van der Waals surface area (Å²) in [7, 11) is 0. The zero-order valence-electron chi connectivity index (χ0n) is 16.8. The van der Waals surface area contributed by atoms with Crippen molar-refractivity contribution >= 4 is 29.4 Å². The summed E-state index contributed by atoms with van der Waals surface area (Å²) in [5.74, 6) is -1.38. The molecule has 2 saturated heterocycles. The van der Waals surface area contributed by atoms with E-state index in [9.17, 15) is 14.4 Å². The maximum atomic E-state index is 12.6. The van der Waals surface area contributed by atoms with Crippen LogP contribution in [0.4, 0.5) is 0 Å². The number of para-hydroxylation sites is 1. The Labute approximate surface area is 187 Å². The summed E-state index contributed by atoms with van der Waals surface area (Å²) >= 11 is 1.52. The number of nitrogens with one attached hydrogen (secondary N) is 2. The Hall–Kier alpha value is -2.92. The van der Waals surface area contributed by atoms with Crippen LogP contribution in [0.5, 0.6) is 11.5 Å². The smallest absolute Gasteiger partial charge is 0.320 e. The highest BCUT2D eigenvalue weighted by atomic mass is 32.2. The molecule has 3 aliphatic heterocycles. The third-order valence-electron chi connectivity index (χ3n) is 5.56. The highest BCUT2D eigenvalue weighted by Gasteiger charge is 2.50. The number of carboxylic acids is 1. The Balaban J connectivity index is 1.17. The standard InChI is InChI=1S/C22H20N2O7S/c25-14(17-10-29-22(31-17)8-13(21(27)28)24-11-22)9-23-20(26)12-5-6-16-19(7-12)32-18-4-2-1-3-15(18)30-16/h1-7,13,17,24H,8-11H2,(H,23,26)(H,27,28). The van der Waals surface area contributed by atoms with Gasteiger partial charge in [-0.25, -0.2) is 0 Å². The second-order valence-electron chi connectivity index (χ2n) is 7.77. The lowest BCUT2D eigenvalue weighted by molar-refractivity contribution is -0.162. The molecule has 10 heteroatoms. The number of amides is 1. The number of carbonyl (C=O) groups excluding carboxylic acids is 2. The summed E-state index contributed by atoms with van der Waals surface area (Å²) in [4.78, 5) is 38.0. The van der Waals surface area contributed by atoms with Crippen molar-refractivity contribution in [3.8, 4) is 11.5 Å². The molecule has 1 spiro atoms. The van der Waals surface area contributed by atoms with Gasteiger partial charge in [0.2, 0.25) is 0 Å². The van der Waals surface area contributed by atoms with Gasteiger partial charge in [0.05, 0.1) is 29.5 Å². The summed E-state index contributed by atoms with van der Waals surface area (Å²) < 4.78 is 17.2. The average Bonchev–Trinajstić information content (AvgIpc) is 3.42. The molecule has 3 N–H and O–H groups in total. The highest BCUT2D eigenvalue weighted by Crippen LogP contribution is 2.46. The monoisotopic (exact) mass is 456 g/mol. The predicted molar refractivity (Wildman–Crippen MR) is 112 cm³/mol. The van der Waals surface area contributed by atoms with E-state index in [4.69, 9.17) is 19.3 Å². The van der Waals surface area contributed by atoms with Gasteiger partial charge < -0.3 is 24.6 Å². The lowest BCUT2D eigenvalue weighted by Gasteiger charge is -2.21. The maximum absolute atomic E-state index is 12.6. The van der Waals surface area contributed by atoms with Gasteiger partial charge in [0, 0.05) is 12.0 Å². The zero-order chi connectivity index (χ0) is 22.3. The lowest BCUT2D eigenvalue weighted by atomic mass is 10.1. The molecule has 1 amide bonds. The molecule has 0 aliphatic carbocycles. The van der Waals surface area contributed by atoms with Crippen molar-refractivity contribution in [2.24, 2.45) is 0 Å². The molecule has 0 bridgehead atoms. The molecule has 2 aromatic rings. The minimum absolute atomic E-state index is 0.0228. The molecule has 3 atom stereocenters. The average molecular weight is 456 g/mol. The van der Waals surface area contributed by atoms with Gasteiger partial charge in [-0.1, -0.05) is 23.9 Å². The van der Waals surface area contributed by atoms with Crippen molar-refractivity contribution in [2.45, 2.75) is 34.1 Å². The molecule has 5 rings (SSSR count). The number of fused-ring (bicyclic) bond motifs is 2. The summed E-state index contributed by atoms with van der Waals surface area (Å²) in [6.45, 7) is -0.00462. The van der Waals surface area contributed by atoms with E-state index in [1.54, 1.807) is 18.2 Å². The first-order valence-electron chi connectivity index (χ1n) is 10.1. The van der Waals surface area contributed by atoms with Crippen molar-refractivity contribution in [3.05, 3.63) is 48.0 Å². The summed E-state index contributed by atoms with van der Waals surface area (Å²) in [5, 5.41) is 14.5. The number of aliphatic carboxylic acids is 1. The van der Waals surface area contributed by atoms with E-state index >= 15 is 0 Å². The van der Waals surface area contributed by atoms with Crippen molar-refractivity contribution in [2.75, 3.05) is 19.7 Å². The quantitative estimate of drug-likeness (QED) is 0.527. The van der Waals surface area contributed by atoms with Crippen LogP contribution in [0.15, 0.2) is 52.3 Å². The number of hydrogen-bond donors (Lipinski definition) is 3. The van der Waals surface area contributed by atoms with Crippen LogP contribution in [-0.4, -0.2) is 60.4 Å². The van der Waals surface area contributed by atoms with Crippen LogP contribution in [0.2, 0.25) is 0 Å². The van der Waals surface area contributed by atoms with Gasteiger partial charge in [-0.05, 0) is 30.3 Å². The first-order valence-corrected chi connectivity index (χ1v) is 10.9. The minimum atomic E-state index is -1.11. The van der Waals surface area contributed by atoms with E-state index in [-0.39, 0.29) is 37.8 Å². The topological polar surface area (TPSA) is 123 Å². The van der Waals surface area contributed by atoms with Crippen LogP contribution in [-0.2, 0) is 19.1 Å². The van der Waals surface area contributed by atoms with Gasteiger partial charge in [0.1, 0.15) is 23.6 Å². The van der Waals surface area contributed by atoms with Crippen molar-refractivity contribution in [3.63, 3.8) is 0 Å². The van der Waals surface area contributed by atoms with Crippen LogP contribution in [0, 0.1) is 0 Å². The van der Waals surface area contributed by atoms with E-state index in [0.29, 0.717) is 11.3 Å². The fourth-order valence-electron chi connectivity index (χ4n) is 3.87. The molecule has 3 heterocycles. The summed E-state index contributed by atoms with van der Waals surface area (Å²) in [6, 6.07) is 12.0. The van der Waals surface area contributed by atoms with Gasteiger partial charge in [0.25, 0.3) is 5.91 Å². The minimum Gasteiger partial charge on any atom is -0.480 e. The summed E-state index contributed by atoms with van der Waals surface area (Å²) in [6.07, 6.45) is -0.732. The fourth-order valence-corrected chi connectivity index (χ4v) is 4.86. The van der Waals surface area contributed by atoms with Crippen LogP contribution in [0.25, 0.3) is 0 Å². The summed E-state index contributed by atoms with van der Waals surface area (Å²) in [5.41, 5.74) is 0.413. The molecule has 0 aromatic heterocycles. The molecule has 9 nitrogen and oxygen atoms in total. The molecule has 3 unspecified atom stereocenters. The number of carboxylic acid groups (broad SMARTS) is 1. The Morgan fingerprint density at radius 2 is 1.97 bits per heavy atom. The second kappa shape index (κ2) is 8.21. The highest BCUT2D eigenvalue weighted by molar-refractivity contribution is 7.99. The number of ketones is 1. The number of Topliss-reactive ketones (excluding diaryl/α,β-unsaturated/α-hetero) is 1. The molecular weight excluding hydrogens is 436 g/mol. The first-order chi connectivity index (χ1) is 15.4. The van der Waals surface area contributed by atoms with Crippen LogP contribution >= 0.6 is 11.8 Å². The Morgan fingerprint density at radius 3 is 2.78 bits per heavy atom. The van der Waals surface area contributed by atoms with Gasteiger partial charge in [0.15, 0.2) is 11.6 Å². The fraction of sp³-hybridized carbons (Fsp3) is 0.318. The van der Waals surface area contributed by atoms with Crippen molar-refractivity contribution in [1.29, 1.82) is 0 Å². The van der Waals surface area contributed by atoms with Crippen LogP contribution in [0.3, 0.4) is 0 Å². The van der Waals surface area contributed by atoms with Crippen molar-refractivity contribution < 1.29 is 33.7 Å². The van der Waals surface area contributed by atoms with E-state index < -0.39 is 23.9 Å². The van der Waals surface area contributed by atoms with E-state index in [2.05, 4.69) is 10.6 Å². The number of benzene rings is 2. The number of ether oxygens (including phenoxy) is 3. The zero-order valence-corrected chi connectivity index (χ0v) is 17.6. The third kappa shape index (κ3) is 3.97. The predicted octanol–water partition coefficient (Wildman–Crippen LogP) is 1.80. The molecule has 2 fully saturated rings. The number of carbonyl (C=O) groups is 3. The van der Waals surface area contributed by atoms with Gasteiger partial charge in [-0.2, -0.15) is 0 Å². The van der Waals surface area contributed by atoms with Gasteiger partial charge in [-0.15, -0.1) is 0 Å². The van der Waals surface area contributed by atoms with Crippen LogP contribution < -0.4 is 15.4 Å². The first kappa shape index (κ1) is 21.0. The molecule has 2 aromatic carbocycles. The van der Waals surface area contributed by atoms with Gasteiger partial charge >= 0.3 is 5.97 Å². The third-order valence-corrected chi connectivity index (χ3v) is 6.66. The van der Waals surface area contributed by atoms with E-state index in [0.717, 1.165) is 15.5 Å². The molecule has 3 aliphatic rings. The van der Waals surface area contributed by atoms with Crippen molar-refractivity contribution in [1.82, 2.24) is 10.6 Å². The molecule has 166 valence electrons.